The van der Waals surface area contributed by atoms with E-state index < -0.39 is 45.0 Å². The molecule has 1 aliphatic rings. The molecule has 0 saturated carbocycles. The summed E-state index contributed by atoms with van der Waals surface area (Å²) in [6.07, 6.45) is 5.64. The van der Waals surface area contributed by atoms with Crippen molar-refractivity contribution in [3.05, 3.63) is 0 Å². The lowest BCUT2D eigenvalue weighted by Crippen LogP contribution is -2.61. The Balaban J connectivity index is 2.54. The van der Waals surface area contributed by atoms with Gasteiger partial charge in [-0.2, -0.15) is 5.09 Å². The summed E-state index contributed by atoms with van der Waals surface area (Å²) < 4.78 is 30.2. The maximum atomic E-state index is 13.5. The number of nitrogens with one attached hydrogen (secondary N) is 1. The highest BCUT2D eigenvalue weighted by atomic mass is 31.2. The van der Waals surface area contributed by atoms with Gasteiger partial charge in [-0.15, -0.1) is 0 Å². The van der Waals surface area contributed by atoms with E-state index in [0.29, 0.717) is 11.8 Å². The molecule has 1 fully saturated rings. The highest BCUT2D eigenvalue weighted by molar-refractivity contribution is 7.51. The van der Waals surface area contributed by atoms with E-state index in [1.165, 1.54) is 25.7 Å². The average Bonchev–Trinajstić information content (AvgIpc) is 2.82. The molecule has 0 amide bonds. The summed E-state index contributed by atoms with van der Waals surface area (Å²) in [7, 11) is -3.87. The van der Waals surface area contributed by atoms with E-state index >= 15 is 0 Å². The van der Waals surface area contributed by atoms with E-state index in [9.17, 15) is 25.0 Å². The molecule has 9 nitrogen and oxygen atoms in total. The molecule has 0 radical (unpaired) electrons. The quantitative estimate of drug-likeness (QED) is 0.105. The summed E-state index contributed by atoms with van der Waals surface area (Å²) in [6.45, 7) is 8.77. The van der Waals surface area contributed by atoms with Gasteiger partial charge in [0.1, 0.15) is 30.6 Å². The van der Waals surface area contributed by atoms with Crippen LogP contribution in [0, 0.1) is 11.8 Å². The third-order valence-corrected chi connectivity index (χ3v) is 8.17. The number of aliphatic hydroxyl groups is 4. The molecule has 0 aromatic carbocycles. The summed E-state index contributed by atoms with van der Waals surface area (Å²) in [6, 6.07) is 0. The molecule has 5 N–H and O–H groups in total. The van der Waals surface area contributed by atoms with Crippen molar-refractivity contribution in [2.75, 3.05) is 19.8 Å². The van der Waals surface area contributed by atoms with Crippen molar-refractivity contribution in [3.8, 4) is 0 Å². The molecule has 10 heteroatoms. The monoisotopic (exact) mass is 539 g/mol. The van der Waals surface area contributed by atoms with E-state index in [-0.39, 0.29) is 13.2 Å². The van der Waals surface area contributed by atoms with Crippen LogP contribution in [0.15, 0.2) is 0 Å². The van der Waals surface area contributed by atoms with E-state index in [1.54, 1.807) is 0 Å². The Bertz CT molecular complexity index is 564. The molecule has 0 aromatic heterocycles. The van der Waals surface area contributed by atoms with Gasteiger partial charge in [-0.1, -0.05) is 91.9 Å². The molecule has 36 heavy (non-hydrogen) atoms. The third-order valence-electron chi connectivity index (χ3n) is 6.55. The molecule has 5 atom stereocenters. The molecule has 216 valence electrons. The summed E-state index contributed by atoms with van der Waals surface area (Å²) in [5, 5.41) is 42.4. The number of ether oxygens (including phenoxy) is 1. The number of unbranched alkanes of at least 4 members (excludes halogenated alkanes) is 8. The van der Waals surface area contributed by atoms with Crippen molar-refractivity contribution < 1.29 is 38.8 Å². The van der Waals surface area contributed by atoms with E-state index in [1.807, 2.05) is 0 Å². The summed E-state index contributed by atoms with van der Waals surface area (Å²) in [5.41, 5.74) is 0. The Kier molecular flexibility index (Phi) is 18.0. The molecule has 0 aliphatic carbocycles. The Morgan fingerprint density at radius 1 is 0.722 bits per heavy atom. The van der Waals surface area contributed by atoms with Gasteiger partial charge < -0.3 is 25.2 Å². The minimum atomic E-state index is -3.87. The van der Waals surface area contributed by atoms with Crippen LogP contribution in [0.5, 0.6) is 0 Å². The van der Waals surface area contributed by atoms with Crippen LogP contribution in [0.2, 0.25) is 0 Å². The van der Waals surface area contributed by atoms with Gasteiger partial charge in [-0.3, -0.25) is 9.05 Å². The van der Waals surface area contributed by atoms with Crippen molar-refractivity contribution in [2.45, 2.75) is 135 Å². The van der Waals surface area contributed by atoms with Crippen LogP contribution in [0.4, 0.5) is 0 Å². The predicted octanol–water partition coefficient (Wildman–Crippen LogP) is 4.51. The van der Waals surface area contributed by atoms with Crippen LogP contribution in [0.1, 0.15) is 105 Å². The van der Waals surface area contributed by atoms with Gasteiger partial charge >= 0.3 is 7.75 Å². The predicted molar refractivity (Wildman–Crippen MR) is 141 cm³/mol. The molecule has 0 spiro atoms. The first-order valence-corrected chi connectivity index (χ1v) is 15.6. The molecule has 1 saturated heterocycles. The van der Waals surface area contributed by atoms with Crippen molar-refractivity contribution >= 4 is 7.75 Å². The molecule has 0 aromatic rings. The Labute approximate surface area is 218 Å². The number of hydrogen-bond donors (Lipinski definition) is 5. The van der Waals surface area contributed by atoms with Crippen molar-refractivity contribution in [1.29, 1.82) is 0 Å². The largest absolute Gasteiger partial charge is 0.407 e. The highest BCUT2D eigenvalue weighted by Crippen LogP contribution is 2.46. The van der Waals surface area contributed by atoms with Gasteiger partial charge in [0.05, 0.1) is 19.8 Å². The lowest BCUT2D eigenvalue weighted by Gasteiger charge is -2.40. The van der Waals surface area contributed by atoms with Crippen LogP contribution >= 0.6 is 7.75 Å². The fourth-order valence-electron chi connectivity index (χ4n) is 4.22. The minimum absolute atomic E-state index is 0.223. The number of aliphatic hydroxyl groups excluding tert-OH is 4. The van der Waals surface area contributed by atoms with Gasteiger partial charge in [0, 0.05) is 0 Å². The molecule has 1 rings (SSSR count). The first-order chi connectivity index (χ1) is 17.1. The lowest BCUT2D eigenvalue weighted by molar-refractivity contribution is -0.232. The standard InChI is InChI=1S/C26H54NO8P/c1-20(2)15-11-7-5-9-13-17-33-36(32,34-18-14-10-6-8-12-16-21(3)4)27-26-25(31)24(30)23(29)22(19-28)35-26/h20-26,28-31H,5-19H2,1-4H3,(H,27,32)/t22-,23-,24+,25-,26-/m1/s1. The first-order valence-electron chi connectivity index (χ1n) is 14.1. The Morgan fingerprint density at radius 2 is 1.17 bits per heavy atom. The Morgan fingerprint density at radius 3 is 1.61 bits per heavy atom. The third kappa shape index (κ3) is 14.2. The molecule has 0 bridgehead atoms. The van der Waals surface area contributed by atoms with Crippen LogP contribution < -0.4 is 5.09 Å². The molecule has 0 unspecified atom stereocenters. The number of hydrogen-bond acceptors (Lipinski definition) is 8. The lowest BCUT2D eigenvalue weighted by atomic mass is 9.99. The van der Waals surface area contributed by atoms with Crippen LogP contribution in [-0.2, 0) is 18.3 Å². The van der Waals surface area contributed by atoms with Crippen molar-refractivity contribution in [3.63, 3.8) is 0 Å². The van der Waals surface area contributed by atoms with E-state index in [2.05, 4.69) is 32.8 Å². The van der Waals surface area contributed by atoms with Crippen LogP contribution in [0.25, 0.3) is 0 Å². The Hall–Kier alpha value is -0.0900. The summed E-state index contributed by atoms with van der Waals surface area (Å²) >= 11 is 0. The van der Waals surface area contributed by atoms with Gasteiger partial charge in [-0.25, -0.2) is 4.57 Å². The minimum Gasteiger partial charge on any atom is -0.394 e. The SMILES string of the molecule is CC(C)CCCCCCCOP(=O)(N[C@@H]1O[C@H](CO)[C@@H](O)[C@H](O)[C@H]1O)OCCCCCCCC(C)C. The zero-order valence-corrected chi connectivity index (χ0v) is 23.9. The van der Waals surface area contributed by atoms with Gasteiger partial charge in [0.25, 0.3) is 0 Å². The fourth-order valence-corrected chi connectivity index (χ4v) is 5.70. The molecule has 1 heterocycles. The van der Waals surface area contributed by atoms with E-state index in [4.69, 9.17) is 13.8 Å². The zero-order valence-electron chi connectivity index (χ0n) is 23.0. The highest BCUT2D eigenvalue weighted by Gasteiger charge is 2.46. The van der Waals surface area contributed by atoms with E-state index in [0.717, 1.165) is 51.4 Å². The van der Waals surface area contributed by atoms with Crippen molar-refractivity contribution in [2.24, 2.45) is 11.8 Å². The summed E-state index contributed by atoms with van der Waals surface area (Å²) in [5.74, 6) is 1.43. The van der Waals surface area contributed by atoms with Crippen LogP contribution in [0.3, 0.4) is 0 Å². The van der Waals surface area contributed by atoms with Crippen LogP contribution in [-0.4, -0.2) is 70.9 Å². The second-order valence-electron chi connectivity index (χ2n) is 10.9. The summed E-state index contributed by atoms with van der Waals surface area (Å²) in [4.78, 5) is 0. The number of rotatable bonds is 21. The van der Waals surface area contributed by atoms with Gasteiger partial charge in [0.15, 0.2) is 0 Å². The molecular weight excluding hydrogens is 485 g/mol. The fraction of sp³-hybridized carbons (Fsp3) is 1.00. The zero-order chi connectivity index (χ0) is 27.0. The smallest absolute Gasteiger partial charge is 0.394 e. The average molecular weight is 540 g/mol. The molecular formula is C26H54NO8P. The maximum absolute atomic E-state index is 13.5. The first kappa shape index (κ1) is 33.9. The maximum Gasteiger partial charge on any atom is 0.407 e. The normalized spacial score (nSPS) is 25.2. The van der Waals surface area contributed by atoms with Crippen molar-refractivity contribution in [1.82, 2.24) is 5.09 Å². The topological polar surface area (TPSA) is 138 Å². The molecule has 1 aliphatic heterocycles. The van der Waals surface area contributed by atoms with Gasteiger partial charge in [-0.05, 0) is 24.7 Å². The second kappa shape index (κ2) is 19.0. The van der Waals surface area contributed by atoms with Gasteiger partial charge in [0.2, 0.25) is 0 Å². The second-order valence-corrected chi connectivity index (χ2v) is 12.7.